The molecular formula is C23H25N5O3S. The number of fused-ring (bicyclic) bond motifs is 1. The first kappa shape index (κ1) is 20.8. The SMILES string of the molecule is O=C(c1ccc(NS(=O)(=O)c2cccc3cccnc23)nc1)N1CCN(CC2CC2)CC1. The molecule has 2 fully saturated rings. The van der Waals surface area contributed by atoms with Crippen LogP contribution in [-0.2, 0) is 10.0 Å². The van der Waals surface area contributed by atoms with Crippen molar-refractivity contribution in [2.24, 2.45) is 5.92 Å². The zero-order valence-electron chi connectivity index (χ0n) is 17.6. The highest BCUT2D eigenvalue weighted by Crippen LogP contribution is 2.30. The van der Waals surface area contributed by atoms with E-state index in [9.17, 15) is 13.2 Å². The molecule has 0 atom stereocenters. The Bertz CT molecular complexity index is 1230. The molecule has 2 aliphatic rings. The summed E-state index contributed by atoms with van der Waals surface area (Å²) in [5.41, 5.74) is 0.852. The van der Waals surface area contributed by atoms with Crippen LogP contribution in [-0.4, -0.2) is 66.8 Å². The maximum atomic E-state index is 12.9. The molecule has 3 heterocycles. The van der Waals surface area contributed by atoms with Crippen molar-refractivity contribution in [1.82, 2.24) is 19.8 Å². The summed E-state index contributed by atoms with van der Waals surface area (Å²) in [7, 11) is -3.88. The fourth-order valence-corrected chi connectivity index (χ4v) is 5.24. The van der Waals surface area contributed by atoms with Crippen molar-refractivity contribution < 1.29 is 13.2 Å². The summed E-state index contributed by atoms with van der Waals surface area (Å²) in [6, 6.07) is 11.7. The Balaban J connectivity index is 1.26. The number of hydrogen-bond acceptors (Lipinski definition) is 6. The number of hydrogen-bond donors (Lipinski definition) is 1. The van der Waals surface area contributed by atoms with Crippen LogP contribution in [0.4, 0.5) is 5.82 Å². The molecule has 2 aromatic heterocycles. The largest absolute Gasteiger partial charge is 0.336 e. The summed E-state index contributed by atoms with van der Waals surface area (Å²) in [5, 5.41) is 0.738. The molecule has 9 heteroatoms. The molecule has 8 nitrogen and oxygen atoms in total. The van der Waals surface area contributed by atoms with E-state index in [1.165, 1.54) is 31.2 Å². The number of rotatable bonds is 6. The van der Waals surface area contributed by atoms with Crippen molar-refractivity contribution >= 4 is 32.7 Å². The molecule has 1 aliphatic heterocycles. The van der Waals surface area contributed by atoms with E-state index in [4.69, 9.17) is 0 Å². The number of aromatic nitrogens is 2. The highest BCUT2D eigenvalue weighted by molar-refractivity contribution is 7.93. The third-order valence-electron chi connectivity index (χ3n) is 6.01. The number of amides is 1. The molecule has 1 aliphatic carbocycles. The molecule has 0 radical (unpaired) electrons. The highest BCUT2D eigenvalue weighted by atomic mass is 32.2. The van der Waals surface area contributed by atoms with Crippen LogP contribution in [0.1, 0.15) is 23.2 Å². The average molecular weight is 452 g/mol. The van der Waals surface area contributed by atoms with Gasteiger partial charge in [0.1, 0.15) is 10.7 Å². The second kappa shape index (κ2) is 8.48. The van der Waals surface area contributed by atoms with Gasteiger partial charge < -0.3 is 4.90 Å². The Morgan fingerprint density at radius 3 is 2.50 bits per heavy atom. The summed E-state index contributed by atoms with van der Waals surface area (Å²) < 4.78 is 28.3. The first-order valence-electron chi connectivity index (χ1n) is 10.8. The number of carbonyl (C=O) groups excluding carboxylic acids is 1. The monoisotopic (exact) mass is 451 g/mol. The van der Waals surface area contributed by atoms with Crippen LogP contribution in [0.2, 0.25) is 0 Å². The molecule has 1 N–H and O–H groups in total. The molecule has 0 unspecified atom stereocenters. The summed E-state index contributed by atoms with van der Waals surface area (Å²) >= 11 is 0. The number of pyridine rings is 2. The van der Waals surface area contributed by atoms with E-state index in [-0.39, 0.29) is 16.6 Å². The molecule has 1 saturated heterocycles. The minimum atomic E-state index is -3.88. The summed E-state index contributed by atoms with van der Waals surface area (Å²) in [4.78, 5) is 25.6. The van der Waals surface area contributed by atoms with Crippen LogP contribution in [0, 0.1) is 5.92 Å². The number of para-hydroxylation sites is 1. The number of anilines is 1. The lowest BCUT2D eigenvalue weighted by atomic mass is 10.2. The van der Waals surface area contributed by atoms with Crippen LogP contribution < -0.4 is 4.72 Å². The second-order valence-electron chi connectivity index (χ2n) is 8.41. The molecule has 32 heavy (non-hydrogen) atoms. The van der Waals surface area contributed by atoms with Crippen LogP contribution >= 0.6 is 0 Å². The van der Waals surface area contributed by atoms with Crippen LogP contribution in [0.15, 0.2) is 59.8 Å². The Kier molecular flexibility index (Phi) is 5.52. The second-order valence-corrected chi connectivity index (χ2v) is 10.1. The molecule has 166 valence electrons. The Morgan fingerprint density at radius 1 is 1.00 bits per heavy atom. The molecule has 5 rings (SSSR count). The summed E-state index contributed by atoms with van der Waals surface area (Å²) in [6.45, 7) is 4.34. The number of nitrogens with one attached hydrogen (secondary N) is 1. The maximum Gasteiger partial charge on any atom is 0.265 e. The van der Waals surface area contributed by atoms with Crippen molar-refractivity contribution in [1.29, 1.82) is 0 Å². The van der Waals surface area contributed by atoms with Crippen molar-refractivity contribution in [3.05, 3.63) is 60.4 Å². The third kappa shape index (κ3) is 4.44. The zero-order chi connectivity index (χ0) is 22.1. The van der Waals surface area contributed by atoms with Gasteiger partial charge in [-0.15, -0.1) is 0 Å². The van der Waals surface area contributed by atoms with Gasteiger partial charge in [-0.05, 0) is 43.0 Å². The van der Waals surface area contributed by atoms with Gasteiger partial charge >= 0.3 is 0 Å². The Hall–Kier alpha value is -3.04. The lowest BCUT2D eigenvalue weighted by Gasteiger charge is -2.34. The fraction of sp³-hybridized carbons (Fsp3) is 0.348. The molecule has 0 bridgehead atoms. The van der Waals surface area contributed by atoms with Crippen LogP contribution in [0.5, 0.6) is 0 Å². The molecule has 3 aromatic rings. The topological polar surface area (TPSA) is 95.5 Å². The van der Waals surface area contributed by atoms with Crippen LogP contribution in [0.25, 0.3) is 10.9 Å². The van der Waals surface area contributed by atoms with Gasteiger partial charge in [-0.25, -0.2) is 13.4 Å². The number of carbonyl (C=O) groups is 1. The van der Waals surface area contributed by atoms with Gasteiger partial charge in [-0.2, -0.15) is 0 Å². The van der Waals surface area contributed by atoms with E-state index >= 15 is 0 Å². The van der Waals surface area contributed by atoms with Gasteiger partial charge in [0.05, 0.1) is 11.1 Å². The summed E-state index contributed by atoms with van der Waals surface area (Å²) in [5.74, 6) is 0.933. The standard InChI is InChI=1S/C23H25N5O3S/c29-23(28-13-11-27(12-14-28)16-17-6-7-17)19-8-9-21(25-15-19)26-32(30,31)20-5-1-3-18-4-2-10-24-22(18)20/h1-5,8-10,15,17H,6-7,11-14,16H2,(H,25,26). The van der Waals surface area contributed by atoms with E-state index in [0.717, 1.165) is 30.9 Å². The molecule has 1 aromatic carbocycles. The number of benzene rings is 1. The molecular weight excluding hydrogens is 426 g/mol. The van der Waals surface area contributed by atoms with Crippen molar-refractivity contribution in [2.75, 3.05) is 37.4 Å². The van der Waals surface area contributed by atoms with Gasteiger partial charge in [0, 0.05) is 50.5 Å². The number of sulfonamides is 1. The van der Waals surface area contributed by atoms with E-state index in [0.29, 0.717) is 24.2 Å². The predicted octanol–water partition coefficient (Wildman–Crippen LogP) is 2.60. The van der Waals surface area contributed by atoms with Gasteiger partial charge in [0.25, 0.3) is 15.9 Å². The zero-order valence-corrected chi connectivity index (χ0v) is 18.5. The van der Waals surface area contributed by atoms with Crippen LogP contribution in [0.3, 0.4) is 0 Å². The van der Waals surface area contributed by atoms with E-state index in [2.05, 4.69) is 19.6 Å². The summed E-state index contributed by atoms with van der Waals surface area (Å²) in [6.07, 6.45) is 5.65. The average Bonchev–Trinajstić information content (AvgIpc) is 3.63. The third-order valence-corrected chi connectivity index (χ3v) is 7.39. The quantitative estimate of drug-likeness (QED) is 0.619. The van der Waals surface area contributed by atoms with E-state index in [1.54, 1.807) is 24.4 Å². The maximum absolute atomic E-state index is 12.9. The van der Waals surface area contributed by atoms with E-state index < -0.39 is 10.0 Å². The van der Waals surface area contributed by atoms with E-state index in [1.807, 2.05) is 17.0 Å². The first-order valence-corrected chi connectivity index (χ1v) is 12.3. The normalized spacial score (nSPS) is 17.4. The van der Waals surface area contributed by atoms with Crippen molar-refractivity contribution in [3.63, 3.8) is 0 Å². The fourth-order valence-electron chi connectivity index (χ4n) is 4.05. The molecule has 1 saturated carbocycles. The predicted molar refractivity (Wildman–Crippen MR) is 122 cm³/mol. The van der Waals surface area contributed by atoms with Gasteiger partial charge in [-0.1, -0.05) is 18.2 Å². The molecule has 1 amide bonds. The molecule has 0 spiro atoms. The lowest BCUT2D eigenvalue weighted by Crippen LogP contribution is -2.49. The number of piperazine rings is 1. The first-order chi connectivity index (χ1) is 15.5. The van der Waals surface area contributed by atoms with Gasteiger partial charge in [0.15, 0.2) is 0 Å². The van der Waals surface area contributed by atoms with Gasteiger partial charge in [0.2, 0.25) is 0 Å². The van der Waals surface area contributed by atoms with Crippen molar-refractivity contribution in [2.45, 2.75) is 17.7 Å². The Labute approximate surface area is 187 Å². The smallest absolute Gasteiger partial charge is 0.265 e. The number of nitrogens with zero attached hydrogens (tertiary/aromatic N) is 4. The van der Waals surface area contributed by atoms with Crippen molar-refractivity contribution in [3.8, 4) is 0 Å². The minimum absolute atomic E-state index is 0.0729. The lowest BCUT2D eigenvalue weighted by molar-refractivity contribution is 0.0631. The minimum Gasteiger partial charge on any atom is -0.336 e. The Morgan fingerprint density at radius 2 is 1.78 bits per heavy atom. The highest BCUT2D eigenvalue weighted by Gasteiger charge is 2.28. The van der Waals surface area contributed by atoms with Gasteiger partial charge in [-0.3, -0.25) is 19.4 Å².